The van der Waals surface area contributed by atoms with Crippen LogP contribution in [-0.4, -0.2) is 82.6 Å². The number of methoxy groups -OCH3 is 1. The molecule has 0 aliphatic carbocycles. The van der Waals surface area contributed by atoms with Crippen LogP contribution < -0.4 is 4.90 Å². The fourth-order valence-electron chi connectivity index (χ4n) is 4.22. The number of aliphatic carboxylic acids is 1. The van der Waals surface area contributed by atoms with Crippen LogP contribution in [0.2, 0.25) is 0 Å². The number of carboxylic acids is 1. The Morgan fingerprint density at radius 3 is 2.42 bits per heavy atom. The van der Waals surface area contributed by atoms with Crippen molar-refractivity contribution in [2.24, 2.45) is 5.41 Å². The number of likely N-dealkylation sites (tertiary alicyclic amines) is 1. The Balaban J connectivity index is 0.000000383. The highest BCUT2D eigenvalue weighted by Crippen LogP contribution is 2.44. The number of carbonyl (C=O) groups excluding carboxylic acids is 1. The van der Waals surface area contributed by atoms with Gasteiger partial charge in [0.15, 0.2) is 0 Å². The summed E-state index contributed by atoms with van der Waals surface area (Å²) in [6, 6.07) is 2.10. The number of hydrogen-bond acceptors (Lipinski definition) is 8. The number of ether oxygens (including phenoxy) is 1. The van der Waals surface area contributed by atoms with Crippen LogP contribution in [0.25, 0.3) is 0 Å². The van der Waals surface area contributed by atoms with E-state index in [1.165, 1.54) is 12.5 Å². The molecule has 2 aliphatic rings. The van der Waals surface area contributed by atoms with Gasteiger partial charge in [0, 0.05) is 39.1 Å². The van der Waals surface area contributed by atoms with Gasteiger partial charge in [0.25, 0.3) is 5.91 Å². The van der Waals surface area contributed by atoms with Crippen molar-refractivity contribution in [1.82, 2.24) is 20.0 Å². The van der Waals surface area contributed by atoms with Gasteiger partial charge in [0.2, 0.25) is 5.95 Å². The lowest BCUT2D eigenvalue weighted by molar-refractivity contribution is -0.192. The molecule has 10 nitrogen and oxygen atoms in total. The first kappa shape index (κ1) is 24.4. The van der Waals surface area contributed by atoms with Crippen LogP contribution in [0.15, 0.2) is 35.4 Å². The standard InChI is InChI=1S/C18H23N5O3.C2HF3O2/c1-25-12-15-9-18(13-23(15)17-19-5-2-6-20-17)3-7-22(8-4-18)16(24)14-10-21-26-11-14;3-2(4,5)1(6)7/h2,5-6,10-11,15H,3-4,7-9,12-13H2,1H3;(H,6,7). The van der Waals surface area contributed by atoms with Gasteiger partial charge in [0.05, 0.1) is 24.4 Å². The summed E-state index contributed by atoms with van der Waals surface area (Å²) < 4.78 is 42.0. The van der Waals surface area contributed by atoms with Crippen LogP contribution in [0.3, 0.4) is 0 Å². The zero-order valence-corrected chi connectivity index (χ0v) is 17.9. The molecule has 0 aromatic carbocycles. The zero-order chi connectivity index (χ0) is 24.1. The van der Waals surface area contributed by atoms with Gasteiger partial charge in [0.1, 0.15) is 6.26 Å². The number of anilines is 1. The average Bonchev–Trinajstić information content (AvgIpc) is 3.44. The number of alkyl halides is 3. The molecule has 2 aliphatic heterocycles. The van der Waals surface area contributed by atoms with Gasteiger partial charge < -0.3 is 24.2 Å². The molecule has 33 heavy (non-hydrogen) atoms. The van der Waals surface area contributed by atoms with Crippen molar-refractivity contribution in [2.45, 2.75) is 31.5 Å². The third-order valence-corrected chi connectivity index (χ3v) is 5.82. The maximum absolute atomic E-state index is 12.5. The van der Waals surface area contributed by atoms with E-state index in [-0.39, 0.29) is 17.4 Å². The van der Waals surface area contributed by atoms with Crippen molar-refractivity contribution in [3.8, 4) is 0 Å². The minimum absolute atomic E-state index is 0.00390. The number of carbonyl (C=O) groups is 2. The summed E-state index contributed by atoms with van der Waals surface area (Å²) in [4.78, 5) is 34.4. The van der Waals surface area contributed by atoms with Crippen LogP contribution >= 0.6 is 0 Å². The highest BCUT2D eigenvalue weighted by molar-refractivity contribution is 5.93. The SMILES string of the molecule is COCC1CC2(CCN(C(=O)c3cnoc3)CC2)CN1c1ncccn1.O=C(O)C(F)(F)F. The fraction of sp³-hybridized carbons (Fsp3) is 0.550. The summed E-state index contributed by atoms with van der Waals surface area (Å²) in [5, 5.41) is 10.8. The number of carboxylic acid groups (broad SMARTS) is 1. The summed E-state index contributed by atoms with van der Waals surface area (Å²) in [6.45, 7) is 3.05. The van der Waals surface area contributed by atoms with Gasteiger partial charge in [-0.1, -0.05) is 5.16 Å². The van der Waals surface area contributed by atoms with E-state index < -0.39 is 12.1 Å². The Morgan fingerprint density at radius 1 is 1.27 bits per heavy atom. The summed E-state index contributed by atoms with van der Waals surface area (Å²) in [5.74, 6) is -2.00. The van der Waals surface area contributed by atoms with Gasteiger partial charge in [-0.2, -0.15) is 13.2 Å². The van der Waals surface area contributed by atoms with Gasteiger partial charge >= 0.3 is 12.1 Å². The van der Waals surface area contributed by atoms with Crippen molar-refractivity contribution in [2.75, 3.05) is 38.3 Å². The zero-order valence-electron chi connectivity index (χ0n) is 17.9. The second kappa shape index (κ2) is 10.1. The van der Waals surface area contributed by atoms with Crippen molar-refractivity contribution in [1.29, 1.82) is 0 Å². The molecule has 1 atom stereocenters. The Labute approximate surface area is 187 Å². The summed E-state index contributed by atoms with van der Waals surface area (Å²) >= 11 is 0. The molecule has 180 valence electrons. The number of nitrogens with zero attached hydrogens (tertiary/aromatic N) is 5. The van der Waals surface area contributed by atoms with E-state index in [0.29, 0.717) is 12.2 Å². The number of aromatic nitrogens is 3. The first-order chi connectivity index (χ1) is 15.6. The molecular weight excluding hydrogens is 447 g/mol. The quantitative estimate of drug-likeness (QED) is 0.715. The fourth-order valence-corrected chi connectivity index (χ4v) is 4.22. The first-order valence-electron chi connectivity index (χ1n) is 10.2. The van der Waals surface area contributed by atoms with Crippen molar-refractivity contribution in [3.05, 3.63) is 36.5 Å². The molecule has 2 saturated heterocycles. The van der Waals surface area contributed by atoms with E-state index in [9.17, 15) is 18.0 Å². The molecule has 4 heterocycles. The third kappa shape index (κ3) is 5.97. The Hall–Kier alpha value is -3.22. The highest BCUT2D eigenvalue weighted by Gasteiger charge is 2.47. The van der Waals surface area contributed by atoms with Crippen LogP contribution in [0.1, 0.15) is 29.6 Å². The van der Waals surface area contributed by atoms with Gasteiger partial charge in [-0.05, 0) is 30.7 Å². The molecule has 1 unspecified atom stereocenters. The highest BCUT2D eigenvalue weighted by atomic mass is 19.4. The summed E-state index contributed by atoms with van der Waals surface area (Å²) in [5.41, 5.74) is 0.692. The maximum Gasteiger partial charge on any atom is 0.490 e. The van der Waals surface area contributed by atoms with E-state index in [1.807, 2.05) is 11.0 Å². The normalized spacial score (nSPS) is 19.8. The van der Waals surface area contributed by atoms with Crippen molar-refractivity contribution >= 4 is 17.8 Å². The Kier molecular flexibility index (Phi) is 7.51. The number of rotatable bonds is 4. The third-order valence-electron chi connectivity index (χ3n) is 5.82. The van der Waals surface area contributed by atoms with E-state index in [1.54, 1.807) is 19.5 Å². The predicted octanol–water partition coefficient (Wildman–Crippen LogP) is 2.25. The van der Waals surface area contributed by atoms with Gasteiger partial charge in [-0.3, -0.25) is 4.79 Å². The average molecular weight is 471 g/mol. The molecule has 1 N–H and O–H groups in total. The molecule has 13 heteroatoms. The minimum atomic E-state index is -5.08. The van der Waals surface area contributed by atoms with E-state index in [0.717, 1.165) is 44.8 Å². The monoisotopic (exact) mass is 471 g/mol. The Morgan fingerprint density at radius 2 is 1.91 bits per heavy atom. The lowest BCUT2D eigenvalue weighted by atomic mass is 9.76. The molecule has 0 radical (unpaired) electrons. The van der Waals surface area contributed by atoms with Crippen molar-refractivity contribution in [3.63, 3.8) is 0 Å². The molecule has 0 bridgehead atoms. The summed E-state index contributed by atoms with van der Waals surface area (Å²) in [6.07, 6.45) is 4.32. The molecule has 0 saturated carbocycles. The molecule has 2 aromatic heterocycles. The van der Waals surface area contributed by atoms with Gasteiger partial charge in [-0.15, -0.1) is 0 Å². The van der Waals surface area contributed by atoms with Crippen LogP contribution in [0.5, 0.6) is 0 Å². The predicted molar refractivity (Wildman–Crippen MR) is 107 cm³/mol. The van der Waals surface area contributed by atoms with Crippen LogP contribution in [-0.2, 0) is 9.53 Å². The first-order valence-corrected chi connectivity index (χ1v) is 10.2. The summed E-state index contributed by atoms with van der Waals surface area (Å²) in [7, 11) is 1.73. The molecule has 1 amide bonds. The van der Waals surface area contributed by atoms with Gasteiger partial charge in [-0.25, -0.2) is 14.8 Å². The minimum Gasteiger partial charge on any atom is -0.475 e. The number of piperidine rings is 1. The number of amides is 1. The smallest absolute Gasteiger partial charge is 0.475 e. The van der Waals surface area contributed by atoms with E-state index in [2.05, 4.69) is 20.0 Å². The largest absolute Gasteiger partial charge is 0.490 e. The number of hydrogen-bond donors (Lipinski definition) is 1. The molecule has 1 spiro atoms. The molecule has 2 aromatic rings. The molecule has 2 fully saturated rings. The lowest BCUT2D eigenvalue weighted by Gasteiger charge is -2.39. The van der Waals surface area contributed by atoms with E-state index in [4.69, 9.17) is 19.2 Å². The lowest BCUT2D eigenvalue weighted by Crippen LogP contribution is -2.44. The van der Waals surface area contributed by atoms with Crippen LogP contribution in [0, 0.1) is 5.41 Å². The maximum atomic E-state index is 12.5. The van der Waals surface area contributed by atoms with E-state index >= 15 is 0 Å². The molecule has 4 rings (SSSR count). The van der Waals surface area contributed by atoms with Crippen molar-refractivity contribution < 1.29 is 37.1 Å². The van der Waals surface area contributed by atoms with Crippen LogP contribution in [0.4, 0.5) is 19.1 Å². The Bertz CT molecular complexity index is 918. The second-order valence-electron chi connectivity index (χ2n) is 8.00. The molecular formula is C20H24F3N5O5. The topological polar surface area (TPSA) is 122 Å². The second-order valence-corrected chi connectivity index (χ2v) is 8.00. The number of halogens is 3.